The van der Waals surface area contributed by atoms with Crippen LogP contribution in [0.1, 0.15) is 66.8 Å². The van der Waals surface area contributed by atoms with E-state index in [4.69, 9.17) is 56.8 Å². The molecule has 0 radical (unpaired) electrons. The van der Waals surface area contributed by atoms with Gasteiger partial charge in [-0.1, -0.05) is 0 Å². The van der Waals surface area contributed by atoms with Crippen LogP contribution >= 0.6 is 0 Å². The number of fused-ring (bicyclic) bond motifs is 6. The van der Waals surface area contributed by atoms with Crippen LogP contribution in [0.3, 0.4) is 0 Å². The molecule has 0 saturated heterocycles. The molecule has 1 aliphatic carbocycles. The van der Waals surface area contributed by atoms with Gasteiger partial charge >= 0.3 is 0 Å². The summed E-state index contributed by atoms with van der Waals surface area (Å²) in [4.78, 5) is 0. The van der Waals surface area contributed by atoms with Crippen molar-refractivity contribution in [3.8, 4) is 69.0 Å². The molecule has 0 saturated carbocycles. The second kappa shape index (κ2) is 20.8. The third kappa shape index (κ3) is 9.49. The minimum atomic E-state index is 0.524. The van der Waals surface area contributed by atoms with E-state index in [2.05, 4.69) is 72.8 Å². The second-order valence-electron chi connectivity index (χ2n) is 15.9. The van der Waals surface area contributed by atoms with E-state index in [0.29, 0.717) is 108 Å². The highest BCUT2D eigenvalue weighted by molar-refractivity contribution is 5.60. The van der Waals surface area contributed by atoms with Crippen molar-refractivity contribution in [1.29, 1.82) is 0 Å². The van der Waals surface area contributed by atoms with E-state index in [0.717, 1.165) is 66.8 Å². The number of hydrogen-bond donors (Lipinski definition) is 0. The maximum atomic E-state index is 5.94. The molecular weight excluding hydrogens is 841 g/mol. The molecule has 12 heteroatoms. The smallest absolute Gasteiger partial charge is 0.161 e. The van der Waals surface area contributed by atoms with Crippen LogP contribution < -0.4 is 56.8 Å². The highest BCUT2D eigenvalue weighted by Crippen LogP contribution is 2.43. The molecule has 0 N–H and O–H groups in total. The Hall–Kier alpha value is -7.08. The Kier molecular flexibility index (Phi) is 14.8. The topological polar surface area (TPSA) is 111 Å². The molecule has 1 aliphatic rings. The zero-order valence-electron chi connectivity index (χ0n) is 40.1. The normalized spacial score (nSPS) is 12.2. The molecule has 0 fully saturated rings. The summed E-state index contributed by atoms with van der Waals surface area (Å²) in [6.45, 7) is 0. The monoisotopic (exact) mass is 900 g/mol. The Labute approximate surface area is 388 Å². The summed E-state index contributed by atoms with van der Waals surface area (Å²) in [5, 5.41) is 0. The first-order valence-corrected chi connectivity index (χ1v) is 21.5. The average Bonchev–Trinajstić information content (AvgIpc) is 3.35. The van der Waals surface area contributed by atoms with Gasteiger partial charge in [-0.05, 0) is 178 Å². The minimum Gasteiger partial charge on any atom is -0.493 e. The van der Waals surface area contributed by atoms with E-state index in [1.807, 2.05) is 0 Å². The van der Waals surface area contributed by atoms with Crippen molar-refractivity contribution in [2.45, 2.75) is 38.5 Å². The van der Waals surface area contributed by atoms with Crippen LogP contribution in [-0.4, -0.2) is 85.3 Å². The van der Waals surface area contributed by atoms with E-state index in [-0.39, 0.29) is 0 Å². The van der Waals surface area contributed by atoms with Gasteiger partial charge in [-0.15, -0.1) is 0 Å². The van der Waals surface area contributed by atoms with Gasteiger partial charge < -0.3 is 56.8 Å². The van der Waals surface area contributed by atoms with Crippen LogP contribution in [0.25, 0.3) is 0 Å². The predicted molar refractivity (Wildman–Crippen MR) is 254 cm³/mol. The van der Waals surface area contributed by atoms with Crippen LogP contribution in [0, 0.1) is 0 Å². The lowest BCUT2D eigenvalue weighted by atomic mass is 9.85. The fourth-order valence-electron chi connectivity index (χ4n) is 8.98. The van der Waals surface area contributed by atoms with E-state index >= 15 is 0 Å². The van der Waals surface area contributed by atoms with E-state index < -0.39 is 0 Å². The van der Waals surface area contributed by atoms with Gasteiger partial charge in [-0.25, -0.2) is 0 Å². The molecule has 0 unspecified atom stereocenters. The summed E-state index contributed by atoms with van der Waals surface area (Å²) in [6.07, 6.45) is 3.14. The van der Waals surface area contributed by atoms with E-state index in [9.17, 15) is 0 Å². The molecule has 12 nitrogen and oxygen atoms in total. The number of ether oxygens (including phenoxy) is 12. The molecule has 0 atom stereocenters. The molecule has 0 aromatic heterocycles. The van der Waals surface area contributed by atoms with E-state index in [1.54, 1.807) is 85.3 Å². The minimum absolute atomic E-state index is 0.524. The van der Waals surface area contributed by atoms with Crippen LogP contribution in [0.4, 0.5) is 0 Å². The summed E-state index contributed by atoms with van der Waals surface area (Å²) < 4.78 is 71.2. The maximum Gasteiger partial charge on any atom is 0.161 e. The quantitative estimate of drug-likeness (QED) is 0.117. The second-order valence-corrected chi connectivity index (χ2v) is 15.9. The van der Waals surface area contributed by atoms with Gasteiger partial charge in [0.25, 0.3) is 0 Å². The van der Waals surface area contributed by atoms with Crippen LogP contribution in [0.15, 0.2) is 72.8 Å². The predicted octanol–water partition coefficient (Wildman–Crippen LogP) is 9.65. The Balaban J connectivity index is 1.58. The van der Waals surface area contributed by atoms with Crippen molar-refractivity contribution in [3.63, 3.8) is 0 Å². The zero-order chi connectivity index (χ0) is 47.1. The number of benzene rings is 6. The number of hydrogen-bond acceptors (Lipinski definition) is 12. The van der Waals surface area contributed by atoms with Crippen molar-refractivity contribution in [2.24, 2.45) is 0 Å². The Morgan fingerprint density at radius 2 is 0.242 bits per heavy atom. The largest absolute Gasteiger partial charge is 0.493 e. The molecule has 0 bridgehead atoms. The summed E-state index contributed by atoms with van der Waals surface area (Å²) in [6, 6.07) is 24.8. The molecule has 0 spiro atoms. The highest BCUT2D eigenvalue weighted by atomic mass is 16.5. The molecule has 6 aromatic rings. The number of methoxy groups -OCH3 is 12. The summed E-state index contributed by atoms with van der Waals surface area (Å²) in [5.41, 5.74) is 12.5. The Morgan fingerprint density at radius 3 is 0.303 bits per heavy atom. The van der Waals surface area contributed by atoms with Crippen molar-refractivity contribution in [2.75, 3.05) is 85.3 Å². The van der Waals surface area contributed by atoms with Crippen LogP contribution in [0.5, 0.6) is 69.0 Å². The summed E-state index contributed by atoms with van der Waals surface area (Å²) in [7, 11) is 19.9. The summed E-state index contributed by atoms with van der Waals surface area (Å²) in [5.74, 6) is 7.45. The first-order chi connectivity index (χ1) is 32.1. The molecule has 7 rings (SSSR count). The van der Waals surface area contributed by atoms with Gasteiger partial charge in [-0.3, -0.25) is 0 Å². The highest BCUT2D eigenvalue weighted by Gasteiger charge is 2.24. The number of rotatable bonds is 12. The fraction of sp³-hybridized carbons (Fsp3) is 0.333. The molecule has 6 aromatic carbocycles. The van der Waals surface area contributed by atoms with E-state index in [1.165, 1.54) is 0 Å². The first-order valence-electron chi connectivity index (χ1n) is 21.5. The standard InChI is InChI=1S/C54H60O12/c1-55-43-19-31-13-33-21-45(57-3)47(59-5)23-35(33)15-37-25-49(61-7)51(63-9)27-39(37)17-41-29-53(65-11)54(66-12)30-42(41)18-40-28-52(64-10)50(62-8)26-38(40)16-36-24-48(60-6)46(58-4)22-34(36)14-32(31)20-44(43)56-2/h19-30H,13-18H2,1-12H3. The van der Waals surface area contributed by atoms with Crippen molar-refractivity contribution >= 4 is 0 Å². The zero-order valence-corrected chi connectivity index (χ0v) is 40.1. The van der Waals surface area contributed by atoms with Gasteiger partial charge in [0, 0.05) is 0 Å². The fourth-order valence-corrected chi connectivity index (χ4v) is 8.98. The molecule has 0 heterocycles. The van der Waals surface area contributed by atoms with Gasteiger partial charge in [0.2, 0.25) is 0 Å². The third-order valence-corrected chi connectivity index (χ3v) is 12.5. The maximum absolute atomic E-state index is 5.94. The average molecular weight is 901 g/mol. The van der Waals surface area contributed by atoms with Gasteiger partial charge in [-0.2, -0.15) is 0 Å². The van der Waals surface area contributed by atoms with Gasteiger partial charge in [0.15, 0.2) is 69.0 Å². The first kappa shape index (κ1) is 46.9. The third-order valence-electron chi connectivity index (χ3n) is 12.5. The molecule has 0 aliphatic heterocycles. The lowest BCUT2D eigenvalue weighted by Gasteiger charge is -2.23. The van der Waals surface area contributed by atoms with Crippen molar-refractivity contribution in [1.82, 2.24) is 0 Å². The van der Waals surface area contributed by atoms with Crippen LogP contribution in [0.2, 0.25) is 0 Å². The summed E-state index contributed by atoms with van der Waals surface area (Å²) >= 11 is 0. The molecular formula is C54H60O12. The van der Waals surface area contributed by atoms with Gasteiger partial charge in [0.05, 0.1) is 85.3 Å². The van der Waals surface area contributed by atoms with Crippen LogP contribution in [-0.2, 0) is 38.5 Å². The molecule has 0 amide bonds. The molecule has 66 heavy (non-hydrogen) atoms. The van der Waals surface area contributed by atoms with Crippen molar-refractivity contribution < 1.29 is 56.8 Å². The van der Waals surface area contributed by atoms with Crippen molar-refractivity contribution in [3.05, 3.63) is 140 Å². The molecule has 348 valence electrons. The lowest BCUT2D eigenvalue weighted by Crippen LogP contribution is -2.09. The Bertz CT molecular complexity index is 2050. The SMILES string of the molecule is COc1cc2c(cc1OC)Cc1cc(OC)c(OC)cc1Cc1cc(OC)c(OC)cc1Cc1cc(OC)c(OC)cc1Cc1cc(OC)c(OC)cc1Cc1cc(OC)c(OC)cc1C2. The lowest BCUT2D eigenvalue weighted by molar-refractivity contribution is 0.353. The Morgan fingerprint density at radius 1 is 0.167 bits per heavy atom. The van der Waals surface area contributed by atoms with Gasteiger partial charge in [0.1, 0.15) is 0 Å².